The molecule has 1 aliphatic carbocycles. The Hall–Kier alpha value is -1.81. The lowest BCUT2D eigenvalue weighted by molar-refractivity contribution is -0.907. The van der Waals surface area contributed by atoms with Gasteiger partial charge in [0.15, 0.2) is 0 Å². The zero-order chi connectivity index (χ0) is 16.1. The zero-order valence-electron chi connectivity index (χ0n) is 14.0. The Balaban J connectivity index is 1.51. The van der Waals surface area contributed by atoms with Crippen LogP contribution in [0.15, 0.2) is 36.4 Å². The maximum atomic E-state index is 12.6. The van der Waals surface area contributed by atoms with Gasteiger partial charge in [-0.25, -0.2) is 0 Å². The summed E-state index contributed by atoms with van der Waals surface area (Å²) < 4.78 is 5.21. The number of piperazine rings is 1. The number of carbonyl (C=O) groups is 1. The smallest absolute Gasteiger partial charge is 0.254 e. The largest absolute Gasteiger partial charge is 0.497 e. The molecule has 1 amide bonds. The fourth-order valence-corrected chi connectivity index (χ4v) is 3.62. The van der Waals surface area contributed by atoms with Crippen molar-refractivity contribution in [3.63, 3.8) is 0 Å². The third-order valence-electron chi connectivity index (χ3n) is 5.03. The Labute approximate surface area is 138 Å². The fraction of sp³-hybridized carbons (Fsp3) is 0.526. The second-order valence-electron chi connectivity index (χ2n) is 6.63. The van der Waals surface area contributed by atoms with Gasteiger partial charge in [0.1, 0.15) is 5.75 Å². The Morgan fingerprint density at radius 1 is 1.30 bits per heavy atom. The first-order chi connectivity index (χ1) is 11.3. The van der Waals surface area contributed by atoms with E-state index < -0.39 is 0 Å². The summed E-state index contributed by atoms with van der Waals surface area (Å²) in [5.74, 6) is 1.70. The number of nitrogens with zero attached hydrogens (tertiary/aromatic N) is 1. The molecule has 4 heteroatoms. The van der Waals surface area contributed by atoms with Crippen LogP contribution in [0.3, 0.4) is 0 Å². The Bertz CT molecular complexity index is 562. The molecule has 23 heavy (non-hydrogen) atoms. The molecule has 2 aliphatic rings. The van der Waals surface area contributed by atoms with Crippen molar-refractivity contribution in [2.75, 3.05) is 39.8 Å². The molecule has 4 nitrogen and oxygen atoms in total. The summed E-state index contributed by atoms with van der Waals surface area (Å²) in [6.07, 6.45) is 8.42. The lowest BCUT2D eigenvalue weighted by Crippen LogP contribution is -3.15. The minimum atomic E-state index is 0.128. The van der Waals surface area contributed by atoms with Crippen molar-refractivity contribution in [2.24, 2.45) is 5.92 Å². The minimum absolute atomic E-state index is 0.128. The quantitative estimate of drug-likeness (QED) is 0.852. The Morgan fingerprint density at radius 3 is 2.83 bits per heavy atom. The fourth-order valence-electron chi connectivity index (χ4n) is 3.62. The van der Waals surface area contributed by atoms with Crippen molar-refractivity contribution in [3.05, 3.63) is 42.0 Å². The van der Waals surface area contributed by atoms with Gasteiger partial charge in [-0.15, -0.1) is 0 Å². The molecule has 0 aromatic heterocycles. The maximum Gasteiger partial charge on any atom is 0.254 e. The third-order valence-corrected chi connectivity index (χ3v) is 5.03. The van der Waals surface area contributed by atoms with E-state index in [1.807, 2.05) is 29.2 Å². The van der Waals surface area contributed by atoms with Crippen molar-refractivity contribution in [1.82, 2.24) is 4.90 Å². The molecule has 1 aromatic carbocycles. The number of nitrogens with one attached hydrogen (secondary N) is 1. The summed E-state index contributed by atoms with van der Waals surface area (Å²) in [5, 5.41) is 0. The van der Waals surface area contributed by atoms with Crippen molar-refractivity contribution < 1.29 is 14.4 Å². The van der Waals surface area contributed by atoms with E-state index in [9.17, 15) is 4.79 Å². The van der Waals surface area contributed by atoms with Gasteiger partial charge in [-0.3, -0.25) is 4.79 Å². The van der Waals surface area contributed by atoms with Gasteiger partial charge >= 0.3 is 0 Å². The van der Waals surface area contributed by atoms with Crippen LogP contribution in [0.2, 0.25) is 0 Å². The topological polar surface area (TPSA) is 34.0 Å². The highest BCUT2D eigenvalue weighted by Crippen LogP contribution is 2.17. The lowest BCUT2D eigenvalue weighted by atomic mass is 9.94. The number of amides is 1. The second kappa shape index (κ2) is 7.64. The molecule has 1 fully saturated rings. The molecule has 0 bridgehead atoms. The molecule has 124 valence electrons. The number of rotatable bonds is 4. The molecule has 1 aliphatic heterocycles. The van der Waals surface area contributed by atoms with E-state index in [2.05, 4.69) is 12.2 Å². The van der Waals surface area contributed by atoms with E-state index in [-0.39, 0.29) is 5.91 Å². The molecular weight excluding hydrogens is 288 g/mol. The van der Waals surface area contributed by atoms with Crippen molar-refractivity contribution in [1.29, 1.82) is 0 Å². The van der Waals surface area contributed by atoms with Crippen molar-refractivity contribution >= 4 is 5.91 Å². The van der Waals surface area contributed by atoms with Gasteiger partial charge in [0, 0.05) is 11.5 Å². The van der Waals surface area contributed by atoms with Crippen LogP contribution in [0.4, 0.5) is 0 Å². The summed E-state index contributed by atoms with van der Waals surface area (Å²) in [6.45, 7) is 5.10. The number of methoxy groups -OCH3 is 1. The molecule has 3 rings (SSSR count). The number of quaternary nitrogens is 1. The lowest BCUT2D eigenvalue weighted by Gasteiger charge is -2.34. The summed E-state index contributed by atoms with van der Waals surface area (Å²) in [4.78, 5) is 16.3. The first kappa shape index (κ1) is 16.1. The van der Waals surface area contributed by atoms with Gasteiger partial charge in [0.05, 0.1) is 39.8 Å². The van der Waals surface area contributed by atoms with Gasteiger partial charge in [0.2, 0.25) is 0 Å². The van der Waals surface area contributed by atoms with Crippen molar-refractivity contribution in [3.8, 4) is 5.75 Å². The SMILES string of the molecule is COc1cccc(C(=O)N2CC[NH+](C[C@@H]3CC=CCC3)CC2)c1. The molecule has 1 N–H and O–H groups in total. The highest BCUT2D eigenvalue weighted by Gasteiger charge is 2.26. The molecule has 1 atom stereocenters. The van der Waals surface area contributed by atoms with Gasteiger partial charge in [0.25, 0.3) is 5.91 Å². The zero-order valence-corrected chi connectivity index (χ0v) is 14.0. The van der Waals surface area contributed by atoms with E-state index in [1.165, 1.54) is 25.8 Å². The predicted octanol–water partition coefficient (Wildman–Crippen LogP) is 1.39. The van der Waals surface area contributed by atoms with Crippen LogP contribution in [0.25, 0.3) is 0 Å². The Morgan fingerprint density at radius 2 is 2.13 bits per heavy atom. The summed E-state index contributed by atoms with van der Waals surface area (Å²) in [5.41, 5.74) is 0.727. The molecule has 1 heterocycles. The van der Waals surface area contributed by atoms with E-state index in [0.29, 0.717) is 0 Å². The molecule has 1 aromatic rings. The summed E-state index contributed by atoms with van der Waals surface area (Å²) >= 11 is 0. The van der Waals surface area contributed by atoms with Crippen LogP contribution in [0, 0.1) is 5.92 Å². The number of hydrogen-bond donors (Lipinski definition) is 1. The highest BCUT2D eigenvalue weighted by molar-refractivity contribution is 5.94. The molecule has 0 spiro atoms. The third kappa shape index (κ3) is 4.14. The average Bonchev–Trinajstić information content (AvgIpc) is 2.63. The van der Waals surface area contributed by atoms with Crippen LogP contribution in [-0.2, 0) is 0 Å². The Kier molecular flexibility index (Phi) is 5.34. The molecule has 0 saturated carbocycles. The van der Waals surface area contributed by atoms with E-state index in [4.69, 9.17) is 4.74 Å². The van der Waals surface area contributed by atoms with E-state index in [1.54, 1.807) is 12.0 Å². The number of allylic oxidation sites excluding steroid dienone is 2. The van der Waals surface area contributed by atoms with E-state index in [0.717, 1.165) is 43.4 Å². The summed E-state index contributed by atoms with van der Waals surface area (Å²) in [7, 11) is 1.63. The highest BCUT2D eigenvalue weighted by atomic mass is 16.5. The predicted molar refractivity (Wildman–Crippen MR) is 90.9 cm³/mol. The van der Waals surface area contributed by atoms with Crippen LogP contribution in [0.1, 0.15) is 29.6 Å². The first-order valence-electron chi connectivity index (χ1n) is 8.68. The monoisotopic (exact) mass is 315 g/mol. The number of benzene rings is 1. The van der Waals surface area contributed by atoms with E-state index >= 15 is 0 Å². The second-order valence-corrected chi connectivity index (χ2v) is 6.63. The van der Waals surface area contributed by atoms with Crippen molar-refractivity contribution in [2.45, 2.75) is 19.3 Å². The van der Waals surface area contributed by atoms with Crippen LogP contribution in [0.5, 0.6) is 5.75 Å². The number of hydrogen-bond acceptors (Lipinski definition) is 2. The van der Waals surface area contributed by atoms with Gasteiger partial charge in [-0.1, -0.05) is 18.2 Å². The molecule has 0 radical (unpaired) electrons. The molecule has 0 unspecified atom stereocenters. The standard InChI is InChI=1S/C19H26N2O2/c1-23-18-9-5-8-17(14-18)19(22)21-12-10-20(11-13-21)15-16-6-3-2-4-7-16/h2-3,5,8-9,14,16H,4,6-7,10-13,15H2,1H3/p+1/t16-/m1/s1. The first-order valence-corrected chi connectivity index (χ1v) is 8.68. The maximum absolute atomic E-state index is 12.6. The average molecular weight is 315 g/mol. The summed E-state index contributed by atoms with van der Waals surface area (Å²) in [6, 6.07) is 7.45. The minimum Gasteiger partial charge on any atom is -0.497 e. The molecule has 1 saturated heterocycles. The normalized spacial score (nSPS) is 22.1. The van der Waals surface area contributed by atoms with Gasteiger partial charge < -0.3 is 14.5 Å². The van der Waals surface area contributed by atoms with Crippen LogP contribution < -0.4 is 9.64 Å². The van der Waals surface area contributed by atoms with Crippen LogP contribution >= 0.6 is 0 Å². The van der Waals surface area contributed by atoms with Crippen LogP contribution in [-0.4, -0.2) is 50.6 Å². The van der Waals surface area contributed by atoms with Gasteiger partial charge in [-0.2, -0.15) is 0 Å². The molecular formula is C19H27N2O2+. The number of carbonyl (C=O) groups excluding carboxylic acids is 1. The number of ether oxygens (including phenoxy) is 1. The van der Waals surface area contributed by atoms with Gasteiger partial charge in [-0.05, 0) is 37.5 Å².